The van der Waals surface area contributed by atoms with Crippen molar-refractivity contribution in [2.24, 2.45) is 11.5 Å². The zero-order valence-corrected chi connectivity index (χ0v) is 19.7. The highest BCUT2D eigenvalue weighted by atomic mass is 16.4. The van der Waals surface area contributed by atoms with Crippen molar-refractivity contribution in [3.63, 3.8) is 0 Å². The molecule has 1 saturated heterocycles. The molecule has 9 N–H and O–H groups in total. The minimum Gasteiger partial charge on any atom is -0.480 e. The number of benzene rings is 1. The standard InChI is InChI=1S/C23H32N6O7/c24-18(30)9-8-15(23(35)36)27-21(33)16(11-13-5-2-1-3-6-13)28-22(34)17(12-19(25)31)29-20(32)14-7-4-10-26-14/h1-3,5-6,14-17,26H,4,7-12H2,(H2,24,30)(H2,25,31)(H,27,33)(H,28,34)(H,29,32)(H,35,36). The summed E-state index contributed by atoms with van der Waals surface area (Å²) in [6.07, 6.45) is 0.330. The van der Waals surface area contributed by atoms with Gasteiger partial charge in [0.05, 0.1) is 12.5 Å². The molecule has 1 aliphatic heterocycles. The Bertz CT molecular complexity index is 965. The van der Waals surface area contributed by atoms with Gasteiger partial charge in [-0.3, -0.25) is 24.0 Å². The van der Waals surface area contributed by atoms with Crippen LogP contribution in [0.1, 0.15) is 37.7 Å². The molecular formula is C23H32N6O7. The molecule has 36 heavy (non-hydrogen) atoms. The first-order valence-corrected chi connectivity index (χ1v) is 11.5. The summed E-state index contributed by atoms with van der Waals surface area (Å²) in [4.78, 5) is 72.8. The van der Waals surface area contributed by atoms with Crippen LogP contribution in [-0.2, 0) is 35.2 Å². The largest absolute Gasteiger partial charge is 0.480 e. The van der Waals surface area contributed by atoms with Crippen LogP contribution in [0.4, 0.5) is 0 Å². The molecule has 13 heteroatoms. The molecule has 0 radical (unpaired) electrons. The van der Waals surface area contributed by atoms with E-state index in [1.165, 1.54) is 0 Å². The minimum atomic E-state index is -1.42. The highest BCUT2D eigenvalue weighted by Gasteiger charge is 2.32. The number of primary amides is 2. The number of hydrogen-bond donors (Lipinski definition) is 7. The molecule has 0 saturated carbocycles. The van der Waals surface area contributed by atoms with Crippen molar-refractivity contribution >= 4 is 35.5 Å². The summed E-state index contributed by atoms with van der Waals surface area (Å²) in [7, 11) is 0. The third kappa shape index (κ3) is 9.33. The molecule has 0 spiro atoms. The van der Waals surface area contributed by atoms with Crippen LogP contribution >= 0.6 is 0 Å². The normalized spacial score (nSPS) is 17.3. The number of carbonyl (C=O) groups is 6. The van der Waals surface area contributed by atoms with Gasteiger partial charge in [0.2, 0.25) is 29.5 Å². The molecule has 0 aromatic heterocycles. The second-order valence-corrected chi connectivity index (χ2v) is 8.54. The van der Waals surface area contributed by atoms with Gasteiger partial charge in [0.25, 0.3) is 0 Å². The maximum absolute atomic E-state index is 13.1. The summed E-state index contributed by atoms with van der Waals surface area (Å²) in [6.45, 7) is 0.643. The lowest BCUT2D eigenvalue weighted by Gasteiger charge is -2.25. The van der Waals surface area contributed by atoms with Crippen LogP contribution in [0.2, 0.25) is 0 Å². The van der Waals surface area contributed by atoms with E-state index in [1.54, 1.807) is 30.3 Å². The fraction of sp³-hybridized carbons (Fsp3) is 0.478. The van der Waals surface area contributed by atoms with Crippen LogP contribution in [0.25, 0.3) is 0 Å². The molecule has 1 aromatic carbocycles. The Kier molecular flexibility index (Phi) is 10.8. The van der Waals surface area contributed by atoms with Crippen LogP contribution in [0, 0.1) is 0 Å². The Hall–Kier alpha value is -4.00. The summed E-state index contributed by atoms with van der Waals surface area (Å²) in [6, 6.07) is 4.10. The third-order valence-corrected chi connectivity index (χ3v) is 5.62. The molecule has 196 valence electrons. The molecule has 5 amide bonds. The zero-order valence-electron chi connectivity index (χ0n) is 19.7. The smallest absolute Gasteiger partial charge is 0.326 e. The molecule has 1 aliphatic rings. The lowest BCUT2D eigenvalue weighted by atomic mass is 10.0. The van der Waals surface area contributed by atoms with E-state index in [9.17, 15) is 33.9 Å². The number of carbonyl (C=O) groups excluding carboxylic acids is 5. The number of carboxylic acid groups (broad SMARTS) is 1. The van der Waals surface area contributed by atoms with Crippen molar-refractivity contribution in [3.05, 3.63) is 35.9 Å². The predicted octanol–water partition coefficient (Wildman–Crippen LogP) is -2.34. The fourth-order valence-electron chi connectivity index (χ4n) is 3.74. The second kappa shape index (κ2) is 13.8. The molecular weight excluding hydrogens is 472 g/mol. The van der Waals surface area contributed by atoms with E-state index < -0.39 is 66.1 Å². The first-order chi connectivity index (χ1) is 17.1. The van der Waals surface area contributed by atoms with Crippen molar-refractivity contribution < 1.29 is 33.9 Å². The van der Waals surface area contributed by atoms with E-state index >= 15 is 0 Å². The quantitative estimate of drug-likeness (QED) is 0.145. The molecule has 1 heterocycles. The number of carboxylic acids is 1. The van der Waals surface area contributed by atoms with Crippen LogP contribution in [0.15, 0.2) is 30.3 Å². The lowest BCUT2D eigenvalue weighted by molar-refractivity contribution is -0.142. The summed E-state index contributed by atoms with van der Waals surface area (Å²) in [5.74, 6) is -5.08. The average molecular weight is 505 g/mol. The van der Waals surface area contributed by atoms with Crippen molar-refractivity contribution in [1.29, 1.82) is 0 Å². The van der Waals surface area contributed by atoms with Gasteiger partial charge < -0.3 is 37.8 Å². The van der Waals surface area contributed by atoms with Crippen molar-refractivity contribution in [2.75, 3.05) is 6.54 Å². The third-order valence-electron chi connectivity index (χ3n) is 5.62. The first-order valence-electron chi connectivity index (χ1n) is 11.5. The molecule has 0 aliphatic carbocycles. The summed E-state index contributed by atoms with van der Waals surface area (Å²) in [5, 5.41) is 19.7. The number of amides is 5. The average Bonchev–Trinajstić information content (AvgIpc) is 3.36. The van der Waals surface area contributed by atoms with Gasteiger partial charge in [-0.15, -0.1) is 0 Å². The molecule has 4 unspecified atom stereocenters. The van der Waals surface area contributed by atoms with Gasteiger partial charge in [-0.25, -0.2) is 4.79 Å². The minimum absolute atomic E-state index is 0.0119. The highest BCUT2D eigenvalue weighted by molar-refractivity contribution is 5.96. The number of nitrogens with one attached hydrogen (secondary N) is 4. The van der Waals surface area contributed by atoms with Crippen LogP contribution in [0.5, 0.6) is 0 Å². The van der Waals surface area contributed by atoms with E-state index in [4.69, 9.17) is 11.5 Å². The second-order valence-electron chi connectivity index (χ2n) is 8.54. The van der Waals surface area contributed by atoms with Crippen molar-refractivity contribution in [2.45, 2.75) is 62.7 Å². The molecule has 13 nitrogen and oxygen atoms in total. The maximum Gasteiger partial charge on any atom is 0.326 e. The van der Waals surface area contributed by atoms with Gasteiger partial charge in [0, 0.05) is 12.8 Å². The van der Waals surface area contributed by atoms with Gasteiger partial charge in [-0.05, 0) is 31.4 Å². The van der Waals surface area contributed by atoms with Gasteiger partial charge in [-0.2, -0.15) is 0 Å². The summed E-state index contributed by atoms with van der Waals surface area (Å²) < 4.78 is 0. The number of nitrogens with two attached hydrogens (primary N) is 2. The Balaban J connectivity index is 2.19. The maximum atomic E-state index is 13.1. The van der Waals surface area contributed by atoms with E-state index in [0.29, 0.717) is 18.5 Å². The van der Waals surface area contributed by atoms with E-state index in [0.717, 1.165) is 6.42 Å². The molecule has 1 aromatic rings. The summed E-state index contributed by atoms with van der Waals surface area (Å²) >= 11 is 0. The van der Waals surface area contributed by atoms with Gasteiger partial charge in [-0.1, -0.05) is 30.3 Å². The molecule has 1 fully saturated rings. The highest BCUT2D eigenvalue weighted by Crippen LogP contribution is 2.08. The van der Waals surface area contributed by atoms with Crippen LogP contribution in [0.3, 0.4) is 0 Å². The van der Waals surface area contributed by atoms with Gasteiger partial charge in [0.1, 0.15) is 18.1 Å². The Labute approximate surface area is 207 Å². The zero-order chi connectivity index (χ0) is 26.7. The van der Waals surface area contributed by atoms with Gasteiger partial charge in [0.15, 0.2) is 0 Å². The van der Waals surface area contributed by atoms with Crippen molar-refractivity contribution in [3.8, 4) is 0 Å². The van der Waals surface area contributed by atoms with Crippen molar-refractivity contribution in [1.82, 2.24) is 21.3 Å². The Morgan fingerprint density at radius 1 is 0.917 bits per heavy atom. The predicted molar refractivity (Wildman–Crippen MR) is 127 cm³/mol. The van der Waals surface area contributed by atoms with E-state index in [2.05, 4.69) is 21.3 Å². The molecule has 0 bridgehead atoms. The molecule has 2 rings (SSSR count). The Morgan fingerprint density at radius 3 is 2.11 bits per heavy atom. The van der Waals surface area contributed by atoms with E-state index in [1.807, 2.05) is 0 Å². The summed E-state index contributed by atoms with van der Waals surface area (Å²) in [5.41, 5.74) is 11.0. The van der Waals surface area contributed by atoms with Crippen LogP contribution in [-0.4, -0.2) is 71.3 Å². The van der Waals surface area contributed by atoms with Crippen LogP contribution < -0.4 is 32.7 Å². The monoisotopic (exact) mass is 504 g/mol. The molecule has 4 atom stereocenters. The number of rotatable bonds is 14. The SMILES string of the molecule is NC(=O)CCC(NC(=O)C(Cc1ccccc1)NC(=O)C(CC(N)=O)NC(=O)C1CCCN1)C(=O)O. The first kappa shape index (κ1) is 28.2. The van der Waals surface area contributed by atoms with Gasteiger partial charge >= 0.3 is 5.97 Å². The number of aliphatic carboxylic acids is 1. The fourth-order valence-corrected chi connectivity index (χ4v) is 3.74. The Morgan fingerprint density at radius 2 is 1.56 bits per heavy atom. The number of hydrogen-bond acceptors (Lipinski definition) is 7. The lowest BCUT2D eigenvalue weighted by Crippen LogP contribution is -2.58. The van der Waals surface area contributed by atoms with E-state index in [-0.39, 0.29) is 19.3 Å². The topological polar surface area (TPSA) is 223 Å².